The summed E-state index contributed by atoms with van der Waals surface area (Å²) >= 11 is 5.91. The van der Waals surface area contributed by atoms with Gasteiger partial charge in [-0.1, -0.05) is 17.7 Å². The van der Waals surface area contributed by atoms with Crippen LogP contribution in [0.2, 0.25) is 5.02 Å². The molecule has 0 saturated heterocycles. The Morgan fingerprint density at radius 2 is 1.79 bits per heavy atom. The maximum absolute atomic E-state index is 12.7. The first kappa shape index (κ1) is 19.2. The van der Waals surface area contributed by atoms with Gasteiger partial charge in [0.1, 0.15) is 5.76 Å². The van der Waals surface area contributed by atoms with Gasteiger partial charge in [-0.3, -0.25) is 9.59 Å². The number of amides is 2. The first-order valence-corrected chi connectivity index (χ1v) is 9.72. The molecule has 0 radical (unpaired) electrons. The molecule has 0 atom stereocenters. The molecule has 0 bridgehead atoms. The Morgan fingerprint density at radius 3 is 2.48 bits per heavy atom. The topological polar surface area (TPSA) is 97.4 Å². The molecule has 2 amide bonds. The van der Waals surface area contributed by atoms with Crippen molar-refractivity contribution in [3.63, 3.8) is 0 Å². The summed E-state index contributed by atoms with van der Waals surface area (Å²) in [4.78, 5) is 25.0. The Labute approximate surface area is 173 Å². The van der Waals surface area contributed by atoms with Gasteiger partial charge in [-0.2, -0.15) is 0 Å². The number of halogens is 1. The van der Waals surface area contributed by atoms with Crippen LogP contribution in [0.3, 0.4) is 0 Å². The smallest absolute Gasteiger partial charge is 0.291 e. The van der Waals surface area contributed by atoms with E-state index in [1.807, 2.05) is 12.1 Å². The Hall–Kier alpha value is -3.09. The van der Waals surface area contributed by atoms with Gasteiger partial charge >= 0.3 is 0 Å². The normalized spacial score (nSPS) is 13.2. The zero-order valence-electron chi connectivity index (χ0n) is 15.6. The molecule has 0 aliphatic heterocycles. The lowest BCUT2D eigenvalue weighted by Crippen LogP contribution is -2.25. The monoisotopic (exact) mass is 409 g/mol. The molecule has 7 heteroatoms. The Morgan fingerprint density at radius 1 is 1.03 bits per heavy atom. The molecular formula is C22H20ClN3O3. The summed E-state index contributed by atoms with van der Waals surface area (Å²) in [5, 5.41) is 6.36. The summed E-state index contributed by atoms with van der Waals surface area (Å²) < 4.78 is 5.69. The van der Waals surface area contributed by atoms with Crippen LogP contribution in [0.25, 0.3) is 11.3 Å². The predicted molar refractivity (Wildman–Crippen MR) is 112 cm³/mol. The molecule has 6 nitrogen and oxygen atoms in total. The van der Waals surface area contributed by atoms with Crippen LogP contribution < -0.4 is 16.4 Å². The van der Waals surface area contributed by atoms with Crippen LogP contribution in [0.1, 0.15) is 39.3 Å². The summed E-state index contributed by atoms with van der Waals surface area (Å²) in [5.74, 6) is 0.142. The van der Waals surface area contributed by atoms with Crippen LogP contribution in [-0.4, -0.2) is 17.9 Å². The van der Waals surface area contributed by atoms with Gasteiger partial charge in [0.25, 0.3) is 11.8 Å². The van der Waals surface area contributed by atoms with Gasteiger partial charge in [0.2, 0.25) is 0 Å². The van der Waals surface area contributed by atoms with E-state index in [0.29, 0.717) is 22.0 Å². The lowest BCUT2D eigenvalue weighted by Gasteiger charge is -2.11. The molecule has 4 rings (SSSR count). The molecule has 3 aromatic rings. The van der Waals surface area contributed by atoms with Crippen LogP contribution in [0.4, 0.5) is 5.69 Å². The maximum atomic E-state index is 12.7. The van der Waals surface area contributed by atoms with Crippen molar-refractivity contribution in [1.82, 2.24) is 5.32 Å². The van der Waals surface area contributed by atoms with E-state index in [9.17, 15) is 9.59 Å². The molecule has 1 aliphatic rings. The van der Waals surface area contributed by atoms with Crippen molar-refractivity contribution >= 4 is 29.1 Å². The number of furan rings is 1. The summed E-state index contributed by atoms with van der Waals surface area (Å²) in [6, 6.07) is 15.8. The molecule has 148 valence electrons. The van der Waals surface area contributed by atoms with Crippen molar-refractivity contribution in [3.05, 3.63) is 76.5 Å². The Balaban J connectivity index is 1.52. The number of benzene rings is 2. The van der Waals surface area contributed by atoms with E-state index < -0.39 is 5.91 Å². The van der Waals surface area contributed by atoms with Gasteiger partial charge in [-0.05, 0) is 66.9 Å². The van der Waals surface area contributed by atoms with E-state index in [2.05, 4.69) is 10.6 Å². The molecule has 29 heavy (non-hydrogen) atoms. The number of carbonyl (C=O) groups excluding carboxylic acids is 2. The fourth-order valence-corrected chi connectivity index (χ4v) is 3.05. The molecule has 2 aromatic carbocycles. The van der Waals surface area contributed by atoms with E-state index in [4.69, 9.17) is 21.8 Å². The summed E-state index contributed by atoms with van der Waals surface area (Å²) in [5.41, 5.74) is 8.30. The lowest BCUT2D eigenvalue weighted by atomic mass is 10.1. The second-order valence-electron chi connectivity index (χ2n) is 6.95. The van der Waals surface area contributed by atoms with Crippen LogP contribution >= 0.6 is 11.6 Å². The van der Waals surface area contributed by atoms with Gasteiger partial charge in [0.15, 0.2) is 5.76 Å². The van der Waals surface area contributed by atoms with Crippen molar-refractivity contribution in [2.75, 3.05) is 5.32 Å². The van der Waals surface area contributed by atoms with Crippen LogP contribution in [0.15, 0.2) is 59.0 Å². The number of hydrogen-bond acceptors (Lipinski definition) is 4. The highest BCUT2D eigenvalue weighted by Crippen LogP contribution is 2.25. The standard InChI is InChI=1S/C22H20ClN3O3/c23-16-5-3-13(4-6-16)19-9-10-20(29-19)22(28)26-18-11-14(1-2-15(18)12-24)21(27)25-17-7-8-17/h1-6,9-11,17H,7-8,12,24H2,(H,25,27)(H,26,28). The quantitative estimate of drug-likeness (QED) is 0.568. The van der Waals surface area contributed by atoms with Crippen LogP contribution in [0, 0.1) is 0 Å². The number of anilines is 1. The van der Waals surface area contributed by atoms with Crippen LogP contribution in [0.5, 0.6) is 0 Å². The zero-order valence-corrected chi connectivity index (χ0v) is 16.3. The molecule has 1 aromatic heterocycles. The van der Waals surface area contributed by atoms with E-state index in [-0.39, 0.29) is 24.3 Å². The first-order valence-electron chi connectivity index (χ1n) is 9.34. The molecule has 1 saturated carbocycles. The maximum Gasteiger partial charge on any atom is 0.291 e. The van der Waals surface area contributed by atoms with Gasteiger partial charge in [0, 0.05) is 34.4 Å². The zero-order chi connectivity index (χ0) is 20.4. The highest BCUT2D eigenvalue weighted by Gasteiger charge is 2.24. The molecule has 1 aliphatic carbocycles. The second-order valence-corrected chi connectivity index (χ2v) is 7.39. The second kappa shape index (κ2) is 8.11. The van der Waals surface area contributed by atoms with E-state index in [0.717, 1.165) is 24.0 Å². The van der Waals surface area contributed by atoms with Gasteiger partial charge in [-0.25, -0.2) is 0 Å². The third kappa shape index (κ3) is 4.50. The minimum absolute atomic E-state index is 0.158. The van der Waals surface area contributed by atoms with Crippen molar-refractivity contribution in [3.8, 4) is 11.3 Å². The molecule has 1 fully saturated rings. The first-order chi connectivity index (χ1) is 14.0. The van der Waals surface area contributed by atoms with E-state index in [1.54, 1.807) is 42.5 Å². The fourth-order valence-electron chi connectivity index (χ4n) is 2.92. The number of carbonyl (C=O) groups is 2. The van der Waals surface area contributed by atoms with E-state index in [1.165, 1.54) is 0 Å². The molecule has 1 heterocycles. The Kier molecular flexibility index (Phi) is 5.38. The third-order valence-corrected chi connectivity index (χ3v) is 4.96. The molecule has 4 N–H and O–H groups in total. The highest BCUT2D eigenvalue weighted by atomic mass is 35.5. The summed E-state index contributed by atoms with van der Waals surface area (Å²) in [6.45, 7) is 0.230. The van der Waals surface area contributed by atoms with Crippen molar-refractivity contribution in [1.29, 1.82) is 0 Å². The SMILES string of the molecule is NCc1ccc(C(=O)NC2CC2)cc1NC(=O)c1ccc(-c2ccc(Cl)cc2)o1. The highest BCUT2D eigenvalue weighted by molar-refractivity contribution is 6.30. The number of nitrogens with two attached hydrogens (primary N) is 1. The average molecular weight is 410 g/mol. The van der Waals surface area contributed by atoms with Gasteiger partial charge in [-0.15, -0.1) is 0 Å². The van der Waals surface area contributed by atoms with Gasteiger partial charge in [0.05, 0.1) is 0 Å². The van der Waals surface area contributed by atoms with E-state index >= 15 is 0 Å². The number of nitrogens with one attached hydrogen (secondary N) is 2. The van der Waals surface area contributed by atoms with Crippen molar-refractivity contribution in [2.45, 2.75) is 25.4 Å². The number of hydrogen-bond donors (Lipinski definition) is 3. The van der Waals surface area contributed by atoms with Crippen molar-refractivity contribution < 1.29 is 14.0 Å². The fraction of sp³-hybridized carbons (Fsp3) is 0.182. The molecule has 0 unspecified atom stereocenters. The van der Waals surface area contributed by atoms with Gasteiger partial charge < -0.3 is 20.8 Å². The Bertz CT molecular complexity index is 1060. The van der Waals surface area contributed by atoms with Crippen LogP contribution in [-0.2, 0) is 6.54 Å². The molecular weight excluding hydrogens is 390 g/mol. The minimum Gasteiger partial charge on any atom is -0.451 e. The average Bonchev–Trinajstić information content (AvgIpc) is 3.39. The predicted octanol–water partition coefficient (Wildman–Crippen LogP) is 4.20. The summed E-state index contributed by atoms with van der Waals surface area (Å²) in [7, 11) is 0. The molecule has 0 spiro atoms. The minimum atomic E-state index is -0.417. The third-order valence-electron chi connectivity index (χ3n) is 4.71. The van der Waals surface area contributed by atoms with Crippen molar-refractivity contribution in [2.24, 2.45) is 5.73 Å². The summed E-state index contributed by atoms with van der Waals surface area (Å²) in [6.07, 6.45) is 2.01. The largest absolute Gasteiger partial charge is 0.451 e. The lowest BCUT2D eigenvalue weighted by molar-refractivity contribution is 0.0949. The number of rotatable bonds is 6.